The number of hydrogen-bond donors (Lipinski definition) is 0. The van der Waals surface area contributed by atoms with Gasteiger partial charge in [0.15, 0.2) is 0 Å². The van der Waals surface area contributed by atoms with E-state index in [4.69, 9.17) is 6.42 Å². The van der Waals surface area contributed by atoms with E-state index in [1.165, 1.54) is 25.7 Å². The van der Waals surface area contributed by atoms with Crippen molar-refractivity contribution in [2.75, 3.05) is 0 Å². The molecule has 4 saturated carbocycles. The molecule has 0 heteroatoms. The van der Waals surface area contributed by atoms with Gasteiger partial charge in [-0.2, -0.15) is 0 Å². The highest BCUT2D eigenvalue weighted by molar-refractivity contribution is 5.02. The molecule has 76 valence electrons. The first kappa shape index (κ1) is 8.84. The number of hydrogen-bond acceptors (Lipinski definition) is 0. The second-order valence-electron chi connectivity index (χ2n) is 6.12. The van der Waals surface area contributed by atoms with Gasteiger partial charge in [-0.3, -0.25) is 0 Å². The van der Waals surface area contributed by atoms with Crippen molar-refractivity contribution in [2.24, 2.45) is 23.2 Å². The van der Waals surface area contributed by atoms with Crippen LogP contribution in [0.2, 0.25) is 0 Å². The molecule has 4 aliphatic carbocycles. The minimum absolute atomic E-state index is 0.709. The molecule has 0 amide bonds. The molecule has 0 aromatic carbocycles. The summed E-state index contributed by atoms with van der Waals surface area (Å²) in [7, 11) is 0. The SMILES string of the molecule is C#CCCC12CC3CC(CC(C3)C1)C2. The Labute approximate surface area is 87.5 Å². The van der Waals surface area contributed by atoms with Gasteiger partial charge in [0.25, 0.3) is 0 Å². The maximum Gasteiger partial charge on any atom is 0.00913 e. The fraction of sp³-hybridized carbons (Fsp3) is 0.857. The third-order valence-electron chi connectivity index (χ3n) is 4.96. The van der Waals surface area contributed by atoms with Crippen LogP contribution in [0.25, 0.3) is 0 Å². The zero-order valence-corrected chi connectivity index (χ0v) is 8.97. The number of terminal acetylenes is 1. The van der Waals surface area contributed by atoms with Crippen molar-refractivity contribution < 1.29 is 0 Å². The summed E-state index contributed by atoms with van der Waals surface area (Å²) in [6.45, 7) is 0. The zero-order valence-electron chi connectivity index (χ0n) is 8.97. The summed E-state index contributed by atoms with van der Waals surface area (Å²) >= 11 is 0. The van der Waals surface area contributed by atoms with Crippen molar-refractivity contribution in [3.8, 4) is 12.3 Å². The highest BCUT2D eigenvalue weighted by Gasteiger charge is 2.50. The Balaban J connectivity index is 1.78. The van der Waals surface area contributed by atoms with Gasteiger partial charge >= 0.3 is 0 Å². The van der Waals surface area contributed by atoms with Crippen LogP contribution in [-0.2, 0) is 0 Å². The second-order valence-corrected chi connectivity index (χ2v) is 6.12. The van der Waals surface area contributed by atoms with Crippen molar-refractivity contribution in [2.45, 2.75) is 51.4 Å². The first-order valence-electron chi connectivity index (χ1n) is 6.23. The van der Waals surface area contributed by atoms with Crippen molar-refractivity contribution >= 4 is 0 Å². The average Bonchev–Trinajstić information content (AvgIpc) is 2.12. The molecule has 0 spiro atoms. The van der Waals surface area contributed by atoms with E-state index in [0.717, 1.165) is 24.2 Å². The molecule has 0 N–H and O–H groups in total. The van der Waals surface area contributed by atoms with Crippen LogP contribution in [0.5, 0.6) is 0 Å². The van der Waals surface area contributed by atoms with E-state index >= 15 is 0 Å². The van der Waals surface area contributed by atoms with Crippen molar-refractivity contribution in [3.63, 3.8) is 0 Å². The lowest BCUT2D eigenvalue weighted by atomic mass is 9.48. The van der Waals surface area contributed by atoms with E-state index in [1.807, 2.05) is 0 Å². The molecule has 0 radical (unpaired) electrons. The fourth-order valence-corrected chi connectivity index (χ4v) is 4.93. The van der Waals surface area contributed by atoms with Crippen LogP contribution < -0.4 is 0 Å². The van der Waals surface area contributed by atoms with E-state index in [9.17, 15) is 0 Å². The predicted molar refractivity (Wildman–Crippen MR) is 58.7 cm³/mol. The van der Waals surface area contributed by atoms with E-state index in [1.54, 1.807) is 19.3 Å². The first-order valence-corrected chi connectivity index (χ1v) is 6.23. The zero-order chi connectivity index (χ0) is 9.60. The standard InChI is InChI=1S/C14H20/c1-2-3-4-14-8-11-5-12(9-14)7-13(6-11)10-14/h1,11-13H,3-10H2. The van der Waals surface area contributed by atoms with Crippen molar-refractivity contribution in [3.05, 3.63) is 0 Å². The van der Waals surface area contributed by atoms with Crippen LogP contribution in [-0.4, -0.2) is 0 Å². The Kier molecular flexibility index (Phi) is 1.91. The highest BCUT2D eigenvalue weighted by Crippen LogP contribution is 2.61. The smallest absolute Gasteiger partial charge is 0.00913 e. The summed E-state index contributed by atoms with van der Waals surface area (Å²) < 4.78 is 0. The third-order valence-corrected chi connectivity index (χ3v) is 4.96. The summed E-state index contributed by atoms with van der Waals surface area (Å²) in [5, 5.41) is 0. The minimum atomic E-state index is 0.709. The molecule has 4 aliphatic rings. The third kappa shape index (κ3) is 1.29. The van der Waals surface area contributed by atoms with Crippen LogP contribution in [0.1, 0.15) is 51.4 Å². The van der Waals surface area contributed by atoms with Gasteiger partial charge in [0, 0.05) is 6.42 Å². The predicted octanol–water partition coefficient (Wildman–Crippen LogP) is 3.62. The quantitative estimate of drug-likeness (QED) is 0.581. The van der Waals surface area contributed by atoms with Crippen LogP contribution in [0, 0.1) is 35.5 Å². The summed E-state index contributed by atoms with van der Waals surface area (Å²) in [5.41, 5.74) is 0.709. The molecule has 4 bridgehead atoms. The van der Waals surface area contributed by atoms with Crippen LogP contribution in [0.3, 0.4) is 0 Å². The minimum Gasteiger partial charge on any atom is -0.120 e. The Bertz CT molecular complexity index is 233. The van der Waals surface area contributed by atoms with Crippen molar-refractivity contribution in [1.29, 1.82) is 0 Å². The molecular formula is C14H20. The maximum absolute atomic E-state index is 5.41. The van der Waals surface area contributed by atoms with Crippen LogP contribution in [0.15, 0.2) is 0 Å². The van der Waals surface area contributed by atoms with Gasteiger partial charge in [-0.1, -0.05) is 0 Å². The van der Waals surface area contributed by atoms with E-state index in [-0.39, 0.29) is 0 Å². The Morgan fingerprint density at radius 3 is 1.93 bits per heavy atom. The Hall–Kier alpha value is -0.440. The molecule has 0 aromatic rings. The summed E-state index contributed by atoms with van der Waals surface area (Å²) in [6.07, 6.45) is 17.0. The second kappa shape index (κ2) is 3.02. The van der Waals surface area contributed by atoms with Gasteiger partial charge in [0.05, 0.1) is 0 Å². The molecule has 0 nitrogen and oxygen atoms in total. The Morgan fingerprint density at radius 1 is 1.00 bits per heavy atom. The molecule has 4 rings (SSSR count). The van der Waals surface area contributed by atoms with E-state index in [0.29, 0.717) is 5.41 Å². The molecule has 0 atom stereocenters. The monoisotopic (exact) mass is 188 g/mol. The molecule has 0 heterocycles. The van der Waals surface area contributed by atoms with Gasteiger partial charge in [0.1, 0.15) is 0 Å². The molecule has 0 aromatic heterocycles. The Morgan fingerprint density at radius 2 is 1.50 bits per heavy atom. The molecule has 0 unspecified atom stereocenters. The number of rotatable bonds is 2. The van der Waals surface area contributed by atoms with Gasteiger partial charge < -0.3 is 0 Å². The molecule has 14 heavy (non-hydrogen) atoms. The molecule has 0 saturated heterocycles. The largest absolute Gasteiger partial charge is 0.120 e. The summed E-state index contributed by atoms with van der Waals surface area (Å²) in [6, 6.07) is 0. The van der Waals surface area contributed by atoms with E-state index in [2.05, 4.69) is 5.92 Å². The molecule has 0 aliphatic heterocycles. The molecule has 4 fully saturated rings. The lowest BCUT2D eigenvalue weighted by Crippen LogP contribution is -2.45. The van der Waals surface area contributed by atoms with Gasteiger partial charge in [-0.15, -0.1) is 12.3 Å². The van der Waals surface area contributed by atoms with Crippen LogP contribution >= 0.6 is 0 Å². The maximum atomic E-state index is 5.41. The average molecular weight is 188 g/mol. The van der Waals surface area contributed by atoms with E-state index < -0.39 is 0 Å². The summed E-state index contributed by atoms with van der Waals surface area (Å²) in [5.74, 6) is 6.09. The normalized spacial score (nSPS) is 49.2. The topological polar surface area (TPSA) is 0 Å². The van der Waals surface area contributed by atoms with Gasteiger partial charge in [-0.05, 0) is 68.1 Å². The lowest BCUT2D eigenvalue weighted by molar-refractivity contribution is -0.0563. The van der Waals surface area contributed by atoms with Crippen molar-refractivity contribution in [1.82, 2.24) is 0 Å². The van der Waals surface area contributed by atoms with Crippen LogP contribution in [0.4, 0.5) is 0 Å². The first-order chi connectivity index (χ1) is 6.80. The lowest BCUT2D eigenvalue weighted by Gasteiger charge is -2.57. The fourth-order valence-electron chi connectivity index (χ4n) is 4.93. The van der Waals surface area contributed by atoms with Gasteiger partial charge in [-0.25, -0.2) is 0 Å². The molecular weight excluding hydrogens is 168 g/mol. The summed E-state index contributed by atoms with van der Waals surface area (Å²) in [4.78, 5) is 0. The highest BCUT2D eigenvalue weighted by atomic mass is 14.5. The van der Waals surface area contributed by atoms with Gasteiger partial charge in [0.2, 0.25) is 0 Å².